The van der Waals surface area contributed by atoms with Gasteiger partial charge in [0, 0.05) is 10.5 Å². The number of rotatable bonds is 2. The first-order chi connectivity index (χ1) is 5.65. The van der Waals surface area contributed by atoms with Crippen molar-refractivity contribution >= 4 is 17.6 Å². The molecule has 0 fully saturated rings. The first-order valence-electron chi connectivity index (χ1n) is 3.64. The summed E-state index contributed by atoms with van der Waals surface area (Å²) >= 11 is 1.70. The fourth-order valence-corrected chi connectivity index (χ4v) is 1.63. The molecule has 0 aliphatic heterocycles. The Morgan fingerprint density at radius 3 is 2.58 bits per heavy atom. The Morgan fingerprint density at radius 2 is 2.17 bits per heavy atom. The third kappa shape index (κ3) is 1.80. The number of nitrogen functional groups attached to an aromatic ring is 1. The van der Waals surface area contributed by atoms with E-state index in [2.05, 4.69) is 0 Å². The minimum Gasteiger partial charge on any atom is -0.384 e. The summed E-state index contributed by atoms with van der Waals surface area (Å²) in [5, 5.41) is 7.23. The summed E-state index contributed by atoms with van der Waals surface area (Å²) in [5.74, 6) is 0.130. The lowest BCUT2D eigenvalue weighted by molar-refractivity contribution is 1.28. The molecule has 0 spiro atoms. The molecule has 12 heavy (non-hydrogen) atoms. The van der Waals surface area contributed by atoms with Crippen LogP contribution in [0.2, 0.25) is 0 Å². The molecule has 0 atom stereocenters. The van der Waals surface area contributed by atoms with Crippen molar-refractivity contribution in [1.29, 1.82) is 5.41 Å². The van der Waals surface area contributed by atoms with Crippen molar-refractivity contribution in [1.82, 2.24) is 0 Å². The zero-order chi connectivity index (χ0) is 9.14. The summed E-state index contributed by atoms with van der Waals surface area (Å²) in [5.41, 5.74) is 7.32. The molecule has 0 radical (unpaired) electrons. The number of aryl methyl sites for hydroxylation is 1. The van der Waals surface area contributed by atoms with Crippen LogP contribution in [-0.4, -0.2) is 12.1 Å². The van der Waals surface area contributed by atoms with Crippen LogP contribution in [0.1, 0.15) is 11.1 Å². The molecule has 3 heteroatoms. The molecule has 0 heterocycles. The maximum atomic E-state index is 7.23. The molecule has 0 unspecified atom stereocenters. The Labute approximate surface area is 76.7 Å². The third-order valence-electron chi connectivity index (χ3n) is 1.71. The summed E-state index contributed by atoms with van der Waals surface area (Å²) in [6, 6.07) is 5.81. The third-order valence-corrected chi connectivity index (χ3v) is 2.60. The highest BCUT2D eigenvalue weighted by Crippen LogP contribution is 2.20. The normalized spacial score (nSPS) is 9.83. The van der Waals surface area contributed by atoms with Crippen molar-refractivity contribution in [2.75, 3.05) is 6.26 Å². The SMILES string of the molecule is CSc1ccc(C(=N)N)cc1C. The molecule has 0 aliphatic rings. The van der Waals surface area contributed by atoms with Gasteiger partial charge in [0.25, 0.3) is 0 Å². The summed E-state index contributed by atoms with van der Waals surface area (Å²) in [7, 11) is 0. The quantitative estimate of drug-likeness (QED) is 0.415. The minimum absolute atomic E-state index is 0.130. The van der Waals surface area contributed by atoms with Crippen LogP contribution in [0.5, 0.6) is 0 Å². The molecule has 1 aromatic rings. The topological polar surface area (TPSA) is 49.9 Å². The fraction of sp³-hybridized carbons (Fsp3) is 0.222. The molecule has 64 valence electrons. The molecule has 0 saturated heterocycles. The maximum Gasteiger partial charge on any atom is 0.122 e. The average molecular weight is 180 g/mol. The standard InChI is InChI=1S/C9H12N2S/c1-6-5-7(9(10)11)3-4-8(6)12-2/h3-5H,1-2H3,(H3,10,11). The lowest BCUT2D eigenvalue weighted by Crippen LogP contribution is -2.10. The predicted octanol–water partition coefficient (Wildman–Crippen LogP) is 2.00. The van der Waals surface area contributed by atoms with Gasteiger partial charge >= 0.3 is 0 Å². The van der Waals surface area contributed by atoms with Crippen LogP contribution >= 0.6 is 11.8 Å². The summed E-state index contributed by atoms with van der Waals surface area (Å²) in [4.78, 5) is 1.24. The summed E-state index contributed by atoms with van der Waals surface area (Å²) in [6.07, 6.45) is 2.04. The second-order valence-electron chi connectivity index (χ2n) is 2.60. The second kappa shape index (κ2) is 3.63. The molecular weight excluding hydrogens is 168 g/mol. The van der Waals surface area contributed by atoms with Crippen molar-refractivity contribution < 1.29 is 0 Å². The number of nitrogens with one attached hydrogen (secondary N) is 1. The van der Waals surface area contributed by atoms with Gasteiger partial charge in [-0.1, -0.05) is 6.07 Å². The van der Waals surface area contributed by atoms with Crippen molar-refractivity contribution in [3.63, 3.8) is 0 Å². The Morgan fingerprint density at radius 1 is 1.50 bits per heavy atom. The first-order valence-corrected chi connectivity index (χ1v) is 4.86. The van der Waals surface area contributed by atoms with Gasteiger partial charge in [0.1, 0.15) is 5.84 Å². The van der Waals surface area contributed by atoms with Crippen molar-refractivity contribution in [2.24, 2.45) is 5.73 Å². The van der Waals surface area contributed by atoms with E-state index in [-0.39, 0.29) is 5.84 Å². The van der Waals surface area contributed by atoms with Gasteiger partial charge in [-0.3, -0.25) is 5.41 Å². The van der Waals surface area contributed by atoms with Crippen LogP contribution in [0.25, 0.3) is 0 Å². The first kappa shape index (κ1) is 9.13. The molecular formula is C9H12N2S. The number of amidine groups is 1. The van der Waals surface area contributed by atoms with Gasteiger partial charge in [-0.05, 0) is 30.9 Å². The molecule has 0 amide bonds. The van der Waals surface area contributed by atoms with E-state index in [4.69, 9.17) is 11.1 Å². The van der Waals surface area contributed by atoms with Gasteiger partial charge in [0.05, 0.1) is 0 Å². The number of thioether (sulfide) groups is 1. The van der Waals surface area contributed by atoms with Gasteiger partial charge in [0.15, 0.2) is 0 Å². The van der Waals surface area contributed by atoms with E-state index in [1.165, 1.54) is 10.5 Å². The number of hydrogen-bond acceptors (Lipinski definition) is 2. The van der Waals surface area contributed by atoms with Gasteiger partial charge < -0.3 is 5.73 Å². The van der Waals surface area contributed by atoms with E-state index in [0.29, 0.717) is 0 Å². The van der Waals surface area contributed by atoms with Crippen molar-refractivity contribution in [2.45, 2.75) is 11.8 Å². The number of nitrogens with two attached hydrogens (primary N) is 1. The van der Waals surface area contributed by atoms with Crippen LogP contribution in [0.3, 0.4) is 0 Å². The average Bonchev–Trinajstić information content (AvgIpc) is 2.04. The van der Waals surface area contributed by atoms with Crippen LogP contribution in [0.4, 0.5) is 0 Å². The van der Waals surface area contributed by atoms with E-state index in [1.54, 1.807) is 11.8 Å². The van der Waals surface area contributed by atoms with E-state index in [9.17, 15) is 0 Å². The highest BCUT2D eigenvalue weighted by Gasteiger charge is 1.99. The lowest BCUT2D eigenvalue weighted by atomic mass is 10.1. The Bertz CT molecular complexity index is 307. The largest absolute Gasteiger partial charge is 0.384 e. The lowest BCUT2D eigenvalue weighted by Gasteiger charge is -2.04. The fourth-order valence-electron chi connectivity index (χ4n) is 1.05. The highest BCUT2D eigenvalue weighted by molar-refractivity contribution is 7.98. The summed E-state index contributed by atoms with van der Waals surface area (Å²) in [6.45, 7) is 2.03. The minimum atomic E-state index is 0.130. The Balaban J connectivity index is 3.10. The Kier molecular flexibility index (Phi) is 2.76. The van der Waals surface area contributed by atoms with Gasteiger partial charge in [-0.15, -0.1) is 11.8 Å². The second-order valence-corrected chi connectivity index (χ2v) is 3.45. The van der Waals surface area contributed by atoms with Gasteiger partial charge in [0.2, 0.25) is 0 Å². The molecule has 3 N–H and O–H groups in total. The van der Waals surface area contributed by atoms with Gasteiger partial charge in [-0.2, -0.15) is 0 Å². The van der Waals surface area contributed by atoms with Crippen LogP contribution in [0.15, 0.2) is 23.1 Å². The molecule has 1 rings (SSSR count). The van der Waals surface area contributed by atoms with E-state index in [0.717, 1.165) is 5.56 Å². The maximum absolute atomic E-state index is 7.23. The van der Waals surface area contributed by atoms with E-state index >= 15 is 0 Å². The van der Waals surface area contributed by atoms with Gasteiger partial charge in [-0.25, -0.2) is 0 Å². The van der Waals surface area contributed by atoms with E-state index in [1.807, 2.05) is 31.4 Å². The van der Waals surface area contributed by atoms with Crippen LogP contribution in [0, 0.1) is 12.3 Å². The highest BCUT2D eigenvalue weighted by atomic mass is 32.2. The molecule has 2 nitrogen and oxygen atoms in total. The van der Waals surface area contributed by atoms with Crippen LogP contribution < -0.4 is 5.73 Å². The van der Waals surface area contributed by atoms with E-state index < -0.39 is 0 Å². The Hall–Kier alpha value is -0.960. The van der Waals surface area contributed by atoms with Crippen molar-refractivity contribution in [3.8, 4) is 0 Å². The molecule has 0 aromatic heterocycles. The smallest absolute Gasteiger partial charge is 0.122 e. The predicted molar refractivity (Wildman–Crippen MR) is 54.0 cm³/mol. The molecule has 0 aliphatic carbocycles. The van der Waals surface area contributed by atoms with Crippen LogP contribution in [-0.2, 0) is 0 Å². The zero-order valence-electron chi connectivity index (χ0n) is 7.22. The van der Waals surface area contributed by atoms with Crippen molar-refractivity contribution in [3.05, 3.63) is 29.3 Å². The molecule has 0 saturated carbocycles. The number of benzene rings is 1. The number of hydrogen-bond donors (Lipinski definition) is 2. The molecule has 1 aromatic carbocycles. The zero-order valence-corrected chi connectivity index (χ0v) is 8.03. The monoisotopic (exact) mass is 180 g/mol. The molecule has 0 bridgehead atoms. The summed E-state index contributed by atoms with van der Waals surface area (Å²) < 4.78 is 0.